The van der Waals surface area contributed by atoms with E-state index in [0.717, 1.165) is 12.1 Å². The summed E-state index contributed by atoms with van der Waals surface area (Å²) in [4.78, 5) is 31.8. The smallest absolute Gasteiger partial charge is 0.248 e. The molecule has 1 aromatic heterocycles. The number of hydrogen-bond donors (Lipinski definition) is 2. The zero-order valence-electron chi connectivity index (χ0n) is 16.2. The highest BCUT2D eigenvalue weighted by molar-refractivity contribution is 6.08. The molecule has 2 aromatic rings. The van der Waals surface area contributed by atoms with Crippen molar-refractivity contribution in [2.24, 2.45) is 11.7 Å². The van der Waals surface area contributed by atoms with E-state index in [1.807, 2.05) is 0 Å². The van der Waals surface area contributed by atoms with Crippen LogP contribution in [0.25, 0.3) is 0 Å². The van der Waals surface area contributed by atoms with Crippen molar-refractivity contribution < 1.29 is 23.1 Å². The summed E-state index contributed by atoms with van der Waals surface area (Å²) in [6.45, 7) is 1.05. The first-order valence-electron chi connectivity index (χ1n) is 9.82. The number of nitrogens with two attached hydrogens (primary N) is 1. The number of fused-ring (bicyclic) bond motifs is 1. The van der Waals surface area contributed by atoms with Crippen molar-refractivity contribution in [3.63, 3.8) is 0 Å². The van der Waals surface area contributed by atoms with Crippen molar-refractivity contribution in [1.82, 2.24) is 4.98 Å². The van der Waals surface area contributed by atoms with Crippen LogP contribution in [0.2, 0.25) is 0 Å². The van der Waals surface area contributed by atoms with Crippen LogP contribution in [0.1, 0.15) is 18.4 Å². The lowest BCUT2D eigenvalue weighted by Gasteiger charge is -2.32. The van der Waals surface area contributed by atoms with Gasteiger partial charge in [0.25, 0.3) is 0 Å². The molecule has 1 saturated heterocycles. The quantitative estimate of drug-likeness (QED) is 0.795. The van der Waals surface area contributed by atoms with E-state index in [0.29, 0.717) is 37.4 Å². The number of aromatic nitrogens is 1. The number of anilines is 2. The molecule has 0 radical (unpaired) electrons. The van der Waals surface area contributed by atoms with Gasteiger partial charge in [-0.3, -0.25) is 14.5 Å². The number of benzene rings is 1. The summed E-state index contributed by atoms with van der Waals surface area (Å²) in [5.74, 6) is -2.66. The van der Waals surface area contributed by atoms with Crippen LogP contribution in [0.3, 0.4) is 0 Å². The fraction of sp³-hybridized carbons (Fsp3) is 0.381. The van der Waals surface area contributed by atoms with Crippen LogP contribution in [0.5, 0.6) is 0 Å². The zero-order valence-corrected chi connectivity index (χ0v) is 16.2. The summed E-state index contributed by atoms with van der Waals surface area (Å²) in [6, 6.07) is 4.94. The molecule has 0 spiro atoms. The number of halogens is 2. The summed E-state index contributed by atoms with van der Waals surface area (Å²) < 4.78 is 33.3. The molecule has 158 valence electrons. The van der Waals surface area contributed by atoms with Gasteiger partial charge in [0.05, 0.1) is 6.04 Å². The highest BCUT2D eigenvalue weighted by Crippen LogP contribution is 2.33. The van der Waals surface area contributed by atoms with Crippen LogP contribution in [0, 0.1) is 17.6 Å². The second-order valence-corrected chi connectivity index (χ2v) is 7.48. The Kier molecular flexibility index (Phi) is 5.74. The zero-order chi connectivity index (χ0) is 21.3. The maximum atomic E-state index is 14.0. The molecular formula is C21H22F2N4O3. The molecule has 1 aromatic carbocycles. The van der Waals surface area contributed by atoms with Crippen LogP contribution >= 0.6 is 0 Å². The maximum absolute atomic E-state index is 14.0. The van der Waals surface area contributed by atoms with Gasteiger partial charge in [0, 0.05) is 25.8 Å². The first-order chi connectivity index (χ1) is 14.5. The monoisotopic (exact) mass is 416 g/mol. The molecule has 0 saturated carbocycles. The lowest BCUT2D eigenvalue weighted by atomic mass is 9.91. The van der Waals surface area contributed by atoms with E-state index in [2.05, 4.69) is 10.3 Å². The Morgan fingerprint density at radius 1 is 1.17 bits per heavy atom. The van der Waals surface area contributed by atoms with Crippen molar-refractivity contribution in [3.8, 4) is 0 Å². The molecule has 2 atom stereocenters. The third-order valence-corrected chi connectivity index (χ3v) is 5.63. The lowest BCUT2D eigenvalue weighted by Crippen LogP contribution is -2.54. The highest BCUT2D eigenvalue weighted by atomic mass is 19.1. The molecule has 1 fully saturated rings. The standard InChI is InChI=1S/C21H22F2N4O3/c22-14-4-1-5-15(23)18(14)26-20(28)16-11-13-3-2-8-25-19(13)27(16)21(29)17(24)12-6-9-30-10-7-12/h1-5,8,12,16-17H,6-7,9-11,24H2,(H,26,28)/t16?,17-/m0/s1. The second-order valence-electron chi connectivity index (χ2n) is 7.48. The van der Waals surface area contributed by atoms with Gasteiger partial charge in [-0.05, 0) is 42.5 Å². The third kappa shape index (κ3) is 3.78. The number of amides is 2. The minimum atomic E-state index is -1.01. The third-order valence-electron chi connectivity index (χ3n) is 5.63. The fourth-order valence-electron chi connectivity index (χ4n) is 3.98. The minimum Gasteiger partial charge on any atom is -0.381 e. The summed E-state index contributed by atoms with van der Waals surface area (Å²) in [5, 5.41) is 2.29. The Hall–Kier alpha value is -2.91. The largest absolute Gasteiger partial charge is 0.381 e. The van der Waals surface area contributed by atoms with Crippen molar-refractivity contribution in [2.45, 2.75) is 31.3 Å². The summed E-state index contributed by atoms with van der Waals surface area (Å²) in [6.07, 6.45) is 2.99. The Morgan fingerprint density at radius 3 is 2.57 bits per heavy atom. The van der Waals surface area contributed by atoms with Gasteiger partial charge in [0.15, 0.2) is 0 Å². The normalized spacial score (nSPS) is 20.0. The molecule has 2 aliphatic rings. The SMILES string of the molecule is N[C@H](C(=O)N1c2ncccc2CC1C(=O)Nc1c(F)cccc1F)C1CCOCC1. The van der Waals surface area contributed by atoms with Crippen molar-refractivity contribution >= 4 is 23.3 Å². The maximum Gasteiger partial charge on any atom is 0.248 e. The van der Waals surface area contributed by atoms with Gasteiger partial charge >= 0.3 is 0 Å². The molecule has 0 aliphatic carbocycles. The van der Waals surface area contributed by atoms with Gasteiger partial charge in [-0.2, -0.15) is 0 Å². The highest BCUT2D eigenvalue weighted by Gasteiger charge is 2.43. The van der Waals surface area contributed by atoms with Gasteiger partial charge in [-0.1, -0.05) is 12.1 Å². The Morgan fingerprint density at radius 2 is 1.87 bits per heavy atom. The predicted octanol–water partition coefficient (Wildman–Crippen LogP) is 2.01. The van der Waals surface area contributed by atoms with E-state index in [9.17, 15) is 18.4 Å². The summed E-state index contributed by atoms with van der Waals surface area (Å²) in [5.41, 5.74) is 6.41. The molecule has 4 rings (SSSR count). The van der Waals surface area contributed by atoms with Gasteiger partial charge < -0.3 is 15.8 Å². The molecule has 3 heterocycles. The van der Waals surface area contributed by atoms with E-state index in [1.165, 1.54) is 17.2 Å². The molecule has 2 amide bonds. The molecular weight excluding hydrogens is 394 g/mol. The Balaban J connectivity index is 1.61. The molecule has 7 nitrogen and oxygen atoms in total. The van der Waals surface area contributed by atoms with Gasteiger partial charge in [-0.15, -0.1) is 0 Å². The second kappa shape index (κ2) is 8.45. The number of nitrogens with zero attached hydrogens (tertiary/aromatic N) is 2. The van der Waals surface area contributed by atoms with E-state index in [-0.39, 0.29) is 12.3 Å². The lowest BCUT2D eigenvalue weighted by molar-refractivity contribution is -0.125. The fourth-order valence-corrected chi connectivity index (χ4v) is 3.98. The number of carbonyl (C=O) groups is 2. The number of hydrogen-bond acceptors (Lipinski definition) is 5. The minimum absolute atomic E-state index is 0.0771. The van der Waals surface area contributed by atoms with Crippen LogP contribution in [0.15, 0.2) is 36.5 Å². The van der Waals surface area contributed by atoms with Crippen molar-refractivity contribution in [1.29, 1.82) is 0 Å². The number of para-hydroxylation sites is 1. The van der Waals surface area contributed by atoms with Gasteiger partial charge in [-0.25, -0.2) is 13.8 Å². The average molecular weight is 416 g/mol. The van der Waals surface area contributed by atoms with Crippen LogP contribution in [-0.4, -0.2) is 42.1 Å². The van der Waals surface area contributed by atoms with E-state index in [4.69, 9.17) is 10.5 Å². The average Bonchev–Trinajstić information content (AvgIpc) is 3.15. The first-order valence-corrected chi connectivity index (χ1v) is 9.82. The van der Waals surface area contributed by atoms with E-state index >= 15 is 0 Å². The van der Waals surface area contributed by atoms with Crippen LogP contribution in [-0.2, 0) is 20.7 Å². The van der Waals surface area contributed by atoms with E-state index < -0.39 is 41.2 Å². The molecule has 0 bridgehead atoms. The topological polar surface area (TPSA) is 97.6 Å². The summed E-state index contributed by atoms with van der Waals surface area (Å²) in [7, 11) is 0. The molecule has 9 heteroatoms. The molecule has 1 unspecified atom stereocenters. The molecule has 30 heavy (non-hydrogen) atoms. The predicted molar refractivity (Wildman–Crippen MR) is 106 cm³/mol. The van der Waals surface area contributed by atoms with E-state index in [1.54, 1.807) is 12.1 Å². The van der Waals surface area contributed by atoms with Crippen molar-refractivity contribution in [2.75, 3.05) is 23.4 Å². The first kappa shape index (κ1) is 20.4. The Bertz CT molecular complexity index is 945. The number of nitrogens with one attached hydrogen (secondary N) is 1. The van der Waals surface area contributed by atoms with Crippen molar-refractivity contribution in [3.05, 3.63) is 53.7 Å². The van der Waals surface area contributed by atoms with Crippen LogP contribution in [0.4, 0.5) is 20.3 Å². The van der Waals surface area contributed by atoms with Crippen LogP contribution < -0.4 is 16.0 Å². The van der Waals surface area contributed by atoms with Gasteiger partial charge in [0.1, 0.15) is 29.2 Å². The Labute approximate surface area is 172 Å². The number of rotatable bonds is 4. The van der Waals surface area contributed by atoms with Gasteiger partial charge in [0.2, 0.25) is 11.8 Å². The number of carbonyl (C=O) groups excluding carboxylic acids is 2. The molecule has 3 N–H and O–H groups in total. The number of ether oxygens (including phenoxy) is 1. The number of pyridine rings is 1. The molecule has 2 aliphatic heterocycles. The summed E-state index contributed by atoms with van der Waals surface area (Å²) >= 11 is 0.